The molecule has 0 bridgehead atoms. The second kappa shape index (κ2) is 3.80. The van der Waals surface area contributed by atoms with Gasteiger partial charge >= 0.3 is 0 Å². The molecule has 0 spiro atoms. The fourth-order valence-electron chi connectivity index (χ4n) is 2.12. The van der Waals surface area contributed by atoms with E-state index in [1.807, 2.05) is 0 Å². The zero-order valence-corrected chi connectivity index (χ0v) is 7.64. The van der Waals surface area contributed by atoms with E-state index in [2.05, 4.69) is 13.8 Å². The van der Waals surface area contributed by atoms with Crippen LogP contribution in [-0.4, -0.2) is 0 Å². The molecule has 1 heteroatoms. The highest BCUT2D eigenvalue weighted by Crippen LogP contribution is 2.33. The molecular weight excluding hydrogens is 134 g/mol. The second-order valence-electron chi connectivity index (χ2n) is 3.78. The van der Waals surface area contributed by atoms with Gasteiger partial charge in [-0.2, -0.15) is 0 Å². The minimum absolute atomic E-state index is 0.772. The highest BCUT2D eigenvalue weighted by atomic mass is 14.5. The van der Waals surface area contributed by atoms with Crippen LogP contribution >= 0.6 is 0 Å². The smallest absolute Gasteiger partial charge is 0.00704 e. The molecule has 1 rings (SSSR count). The normalized spacial score (nSPS) is 33.8. The molecule has 1 nitrogen and oxygen atoms in total. The summed E-state index contributed by atoms with van der Waals surface area (Å²) in [4.78, 5) is 0. The average Bonchev–Trinajstić information content (AvgIpc) is 2.04. The molecule has 0 radical (unpaired) electrons. The summed E-state index contributed by atoms with van der Waals surface area (Å²) in [6.45, 7) is 4.50. The Bertz CT molecular complexity index is 149. The van der Waals surface area contributed by atoms with Gasteiger partial charge in [0.2, 0.25) is 0 Å². The quantitative estimate of drug-likeness (QED) is 0.615. The van der Waals surface area contributed by atoms with Crippen molar-refractivity contribution in [3.63, 3.8) is 0 Å². The van der Waals surface area contributed by atoms with Crippen molar-refractivity contribution in [2.24, 2.45) is 17.6 Å². The fraction of sp³-hybridized carbons (Fsp3) is 0.800. The van der Waals surface area contributed by atoms with Gasteiger partial charge in [0.1, 0.15) is 0 Å². The molecule has 2 atom stereocenters. The molecule has 0 aliphatic heterocycles. The summed E-state index contributed by atoms with van der Waals surface area (Å²) < 4.78 is 0. The summed E-state index contributed by atoms with van der Waals surface area (Å²) in [7, 11) is 0. The maximum atomic E-state index is 5.50. The summed E-state index contributed by atoms with van der Waals surface area (Å²) in [5.74, 6) is 1.62. The van der Waals surface area contributed by atoms with E-state index in [9.17, 15) is 0 Å². The van der Waals surface area contributed by atoms with Gasteiger partial charge in [0.05, 0.1) is 0 Å². The van der Waals surface area contributed by atoms with Gasteiger partial charge in [-0.25, -0.2) is 0 Å². The molecule has 0 heterocycles. The second-order valence-corrected chi connectivity index (χ2v) is 3.78. The summed E-state index contributed by atoms with van der Waals surface area (Å²) in [6, 6.07) is 0. The first-order valence-corrected chi connectivity index (χ1v) is 4.64. The van der Waals surface area contributed by atoms with Crippen molar-refractivity contribution in [2.45, 2.75) is 39.5 Å². The van der Waals surface area contributed by atoms with Crippen LogP contribution in [0.3, 0.4) is 0 Å². The third-order valence-corrected chi connectivity index (χ3v) is 2.96. The Kier molecular flexibility index (Phi) is 2.98. The van der Waals surface area contributed by atoms with Crippen LogP contribution in [0.4, 0.5) is 0 Å². The fourth-order valence-corrected chi connectivity index (χ4v) is 2.12. The van der Waals surface area contributed by atoms with Crippen molar-refractivity contribution < 1.29 is 0 Å². The Morgan fingerprint density at radius 1 is 1.36 bits per heavy atom. The Hall–Kier alpha value is -0.460. The van der Waals surface area contributed by atoms with E-state index in [1.54, 1.807) is 6.20 Å². The molecule has 2 N–H and O–H groups in total. The zero-order chi connectivity index (χ0) is 8.27. The van der Waals surface area contributed by atoms with Crippen molar-refractivity contribution in [1.82, 2.24) is 0 Å². The molecule has 0 amide bonds. The number of allylic oxidation sites excluding steroid dienone is 1. The van der Waals surface area contributed by atoms with E-state index in [1.165, 1.54) is 31.3 Å². The third-order valence-electron chi connectivity index (χ3n) is 2.96. The summed E-state index contributed by atoms with van der Waals surface area (Å²) in [6.07, 6.45) is 7.32. The molecule has 1 saturated carbocycles. The first-order valence-electron chi connectivity index (χ1n) is 4.64. The number of rotatable bonds is 1. The number of hydrogen-bond acceptors (Lipinski definition) is 1. The molecule has 11 heavy (non-hydrogen) atoms. The third kappa shape index (κ3) is 1.98. The van der Waals surface area contributed by atoms with Gasteiger partial charge in [-0.15, -0.1) is 0 Å². The van der Waals surface area contributed by atoms with Crippen LogP contribution in [-0.2, 0) is 0 Å². The van der Waals surface area contributed by atoms with Crippen molar-refractivity contribution in [2.75, 3.05) is 0 Å². The average molecular weight is 153 g/mol. The predicted molar refractivity (Wildman–Crippen MR) is 49.1 cm³/mol. The van der Waals surface area contributed by atoms with Crippen molar-refractivity contribution in [1.29, 1.82) is 0 Å². The zero-order valence-electron chi connectivity index (χ0n) is 7.64. The van der Waals surface area contributed by atoms with Gasteiger partial charge in [-0.1, -0.05) is 31.8 Å². The van der Waals surface area contributed by atoms with Crippen LogP contribution in [0.2, 0.25) is 0 Å². The van der Waals surface area contributed by atoms with E-state index >= 15 is 0 Å². The molecule has 0 aromatic carbocycles. The highest BCUT2D eigenvalue weighted by molar-refractivity contribution is 5.03. The van der Waals surface area contributed by atoms with E-state index in [0.29, 0.717) is 0 Å². The molecule has 1 aliphatic rings. The number of hydrogen-bond donors (Lipinski definition) is 1. The Morgan fingerprint density at radius 3 is 2.55 bits per heavy atom. The molecule has 0 aromatic heterocycles. The maximum Gasteiger partial charge on any atom is -0.00704 e. The van der Waals surface area contributed by atoms with Crippen LogP contribution in [0.25, 0.3) is 0 Å². The summed E-state index contributed by atoms with van der Waals surface area (Å²) >= 11 is 0. The molecular formula is C10H19N. The SMILES string of the molecule is C/C(=C/N)C1CCCCC1C. The van der Waals surface area contributed by atoms with Crippen molar-refractivity contribution in [3.8, 4) is 0 Å². The number of nitrogens with two attached hydrogens (primary N) is 1. The van der Waals surface area contributed by atoms with Crippen LogP contribution in [0, 0.1) is 11.8 Å². The standard InChI is InChI=1S/C10H19N/c1-8-5-3-4-6-10(8)9(2)7-11/h7-8,10H,3-6,11H2,1-2H3/b9-7-. The van der Waals surface area contributed by atoms with Crippen LogP contribution in [0.15, 0.2) is 11.8 Å². The molecule has 64 valence electrons. The van der Waals surface area contributed by atoms with Crippen molar-refractivity contribution in [3.05, 3.63) is 11.8 Å². The van der Waals surface area contributed by atoms with E-state index in [4.69, 9.17) is 5.73 Å². The van der Waals surface area contributed by atoms with Gasteiger partial charge in [0.25, 0.3) is 0 Å². The topological polar surface area (TPSA) is 26.0 Å². The van der Waals surface area contributed by atoms with Crippen molar-refractivity contribution >= 4 is 0 Å². The minimum atomic E-state index is 0.772. The van der Waals surface area contributed by atoms with E-state index in [-0.39, 0.29) is 0 Å². The molecule has 0 saturated heterocycles. The Balaban J connectivity index is 2.54. The Labute approximate surface area is 69.7 Å². The van der Waals surface area contributed by atoms with Gasteiger partial charge in [-0.3, -0.25) is 0 Å². The maximum absolute atomic E-state index is 5.50. The summed E-state index contributed by atoms with van der Waals surface area (Å²) in [5, 5.41) is 0. The van der Waals surface area contributed by atoms with E-state index < -0.39 is 0 Å². The lowest BCUT2D eigenvalue weighted by Crippen LogP contribution is -2.18. The van der Waals surface area contributed by atoms with Crippen LogP contribution < -0.4 is 5.73 Å². The Morgan fingerprint density at radius 2 is 2.00 bits per heavy atom. The van der Waals surface area contributed by atoms with Crippen LogP contribution in [0.1, 0.15) is 39.5 Å². The molecule has 1 aliphatic carbocycles. The van der Waals surface area contributed by atoms with Gasteiger partial charge < -0.3 is 5.73 Å². The largest absolute Gasteiger partial charge is 0.405 e. The molecule has 2 unspecified atom stereocenters. The lowest BCUT2D eigenvalue weighted by Gasteiger charge is -2.29. The predicted octanol–water partition coefficient (Wildman–Crippen LogP) is 2.68. The summed E-state index contributed by atoms with van der Waals surface area (Å²) in [5.41, 5.74) is 6.89. The van der Waals surface area contributed by atoms with E-state index in [0.717, 1.165) is 11.8 Å². The van der Waals surface area contributed by atoms with Gasteiger partial charge in [0, 0.05) is 0 Å². The first kappa shape index (κ1) is 8.63. The van der Waals surface area contributed by atoms with Crippen LogP contribution in [0.5, 0.6) is 0 Å². The lowest BCUT2D eigenvalue weighted by atomic mass is 9.77. The minimum Gasteiger partial charge on any atom is -0.405 e. The monoisotopic (exact) mass is 153 g/mol. The van der Waals surface area contributed by atoms with Gasteiger partial charge in [-0.05, 0) is 31.4 Å². The lowest BCUT2D eigenvalue weighted by molar-refractivity contribution is 0.293. The first-order chi connectivity index (χ1) is 5.25. The molecule has 1 fully saturated rings. The highest BCUT2D eigenvalue weighted by Gasteiger charge is 2.21. The van der Waals surface area contributed by atoms with Gasteiger partial charge in [0.15, 0.2) is 0 Å². The molecule has 0 aromatic rings.